The van der Waals surface area contributed by atoms with Crippen LogP contribution in [0.4, 0.5) is 5.69 Å². The number of nitrogens with zero attached hydrogens (tertiary/aromatic N) is 1. The molecule has 1 heterocycles. The number of nitrogens with one attached hydrogen (secondary N) is 1. The van der Waals surface area contributed by atoms with Crippen LogP contribution in [0, 0.1) is 41.4 Å². The number of hydrogen-bond donors (Lipinski definition) is 1. The molecule has 6 atom stereocenters. The number of likely N-dealkylation sites (tertiary alicyclic amines) is 1. The number of carbonyl (C=O) groups is 2. The minimum atomic E-state index is 0.0808. The van der Waals surface area contributed by atoms with E-state index >= 15 is 0 Å². The number of carbonyl (C=O) groups excluding carboxylic acids is 2. The predicted molar refractivity (Wildman–Crippen MR) is 130 cm³/mol. The lowest BCUT2D eigenvalue weighted by molar-refractivity contribution is -0.139. The molecular formula is C29H38N2O2. The van der Waals surface area contributed by atoms with Gasteiger partial charge in [-0.05, 0) is 99.2 Å². The summed E-state index contributed by atoms with van der Waals surface area (Å²) < 4.78 is 0. The van der Waals surface area contributed by atoms with Gasteiger partial charge in [-0.3, -0.25) is 9.59 Å². The highest BCUT2D eigenvalue weighted by atomic mass is 16.2. The maximum Gasteiger partial charge on any atom is 0.228 e. The molecular weight excluding hydrogens is 408 g/mol. The average Bonchev–Trinajstić information content (AvgIpc) is 3.54. The smallest absolute Gasteiger partial charge is 0.228 e. The number of allylic oxidation sites excluding steroid dienone is 2. The van der Waals surface area contributed by atoms with Gasteiger partial charge in [0.15, 0.2) is 0 Å². The molecule has 6 rings (SSSR count). The molecule has 3 saturated carbocycles. The number of amides is 2. The first-order valence-corrected chi connectivity index (χ1v) is 13.2. The van der Waals surface area contributed by atoms with Crippen LogP contribution in [0.25, 0.3) is 0 Å². The fourth-order valence-electron chi connectivity index (χ4n) is 8.50. The van der Waals surface area contributed by atoms with Crippen molar-refractivity contribution >= 4 is 17.5 Å². The summed E-state index contributed by atoms with van der Waals surface area (Å²) >= 11 is 0. The molecule has 4 nitrogen and oxygen atoms in total. The van der Waals surface area contributed by atoms with Gasteiger partial charge in [-0.1, -0.05) is 32.1 Å². The van der Waals surface area contributed by atoms with E-state index in [1.807, 2.05) is 12.1 Å². The third kappa shape index (κ3) is 3.23. The number of anilines is 1. The summed E-state index contributed by atoms with van der Waals surface area (Å²) in [5.74, 6) is 2.55. The van der Waals surface area contributed by atoms with Crippen molar-refractivity contribution in [3.63, 3.8) is 0 Å². The monoisotopic (exact) mass is 446 g/mol. The Bertz CT molecular complexity index is 1030. The van der Waals surface area contributed by atoms with Crippen molar-refractivity contribution in [2.24, 2.45) is 34.5 Å². The first kappa shape index (κ1) is 21.4. The standard InChI is InChI=1S/C29H38N2O2/c1-18-5-4-6-19(17-18)30-27(33)24-11-10-22-21-9-12-25-29(3,23(21)13-15-28(22,24)2)16-14-26(32)31(25)20-7-8-20/h4-6,12,17,20-24H,7-11,13-16H2,1-3H3,(H,30,33)/t21-,22-,23+,24?,28-,29+/m0/s1. The van der Waals surface area contributed by atoms with Gasteiger partial charge in [-0.15, -0.1) is 0 Å². The van der Waals surface area contributed by atoms with E-state index in [2.05, 4.69) is 49.2 Å². The van der Waals surface area contributed by atoms with E-state index < -0.39 is 0 Å². The molecule has 33 heavy (non-hydrogen) atoms. The van der Waals surface area contributed by atoms with E-state index in [9.17, 15) is 9.59 Å². The maximum absolute atomic E-state index is 13.4. The van der Waals surface area contributed by atoms with Crippen LogP contribution >= 0.6 is 0 Å². The quantitative estimate of drug-likeness (QED) is 0.612. The van der Waals surface area contributed by atoms with Crippen molar-refractivity contribution in [1.82, 2.24) is 4.90 Å². The summed E-state index contributed by atoms with van der Waals surface area (Å²) in [6.07, 6.45) is 12.1. The Balaban J connectivity index is 1.25. The van der Waals surface area contributed by atoms with Crippen LogP contribution in [0.2, 0.25) is 0 Å². The number of fused-ring (bicyclic) bond motifs is 5. The van der Waals surface area contributed by atoms with E-state index in [1.165, 1.54) is 30.5 Å². The molecule has 4 aliphatic carbocycles. The Kier molecular flexibility index (Phi) is 4.84. The molecule has 0 spiro atoms. The second-order valence-electron chi connectivity index (χ2n) is 12.1. The van der Waals surface area contributed by atoms with Crippen molar-refractivity contribution in [2.45, 2.75) is 84.6 Å². The fraction of sp³-hybridized carbons (Fsp3) is 0.655. The van der Waals surface area contributed by atoms with E-state index in [-0.39, 0.29) is 22.7 Å². The Morgan fingerprint density at radius 1 is 1.06 bits per heavy atom. The van der Waals surface area contributed by atoms with Crippen LogP contribution in [0.1, 0.15) is 77.2 Å². The number of aryl methyl sites for hydroxylation is 1. The van der Waals surface area contributed by atoms with Crippen LogP contribution in [0.3, 0.4) is 0 Å². The summed E-state index contributed by atoms with van der Waals surface area (Å²) in [7, 11) is 0. The Labute approximate surface area is 198 Å². The lowest BCUT2D eigenvalue weighted by atomic mass is 9.49. The summed E-state index contributed by atoms with van der Waals surface area (Å²) in [6, 6.07) is 8.62. The van der Waals surface area contributed by atoms with Gasteiger partial charge in [0.2, 0.25) is 11.8 Å². The molecule has 1 aliphatic heterocycles. The fourth-order valence-corrected chi connectivity index (χ4v) is 8.50. The number of rotatable bonds is 3. The second kappa shape index (κ2) is 7.45. The van der Waals surface area contributed by atoms with Gasteiger partial charge in [0, 0.05) is 35.2 Å². The molecule has 1 aromatic carbocycles. The normalized spacial score (nSPS) is 39.9. The molecule has 0 bridgehead atoms. The zero-order chi connectivity index (χ0) is 23.0. The third-order valence-electron chi connectivity index (χ3n) is 10.3. The molecule has 1 saturated heterocycles. The Hall–Kier alpha value is -2.10. The van der Waals surface area contributed by atoms with Crippen LogP contribution in [-0.4, -0.2) is 22.8 Å². The van der Waals surface area contributed by atoms with Crippen molar-refractivity contribution in [3.05, 3.63) is 41.6 Å². The van der Waals surface area contributed by atoms with E-state index in [0.717, 1.165) is 37.8 Å². The molecule has 5 aliphatic rings. The van der Waals surface area contributed by atoms with Crippen LogP contribution in [0.5, 0.6) is 0 Å². The zero-order valence-electron chi connectivity index (χ0n) is 20.4. The first-order chi connectivity index (χ1) is 15.8. The molecule has 0 radical (unpaired) electrons. The molecule has 1 aromatic rings. The van der Waals surface area contributed by atoms with Gasteiger partial charge >= 0.3 is 0 Å². The van der Waals surface area contributed by atoms with Gasteiger partial charge < -0.3 is 10.2 Å². The zero-order valence-corrected chi connectivity index (χ0v) is 20.4. The average molecular weight is 447 g/mol. The van der Waals surface area contributed by atoms with E-state index in [1.54, 1.807) is 0 Å². The van der Waals surface area contributed by atoms with Crippen molar-refractivity contribution < 1.29 is 9.59 Å². The van der Waals surface area contributed by atoms with E-state index in [0.29, 0.717) is 36.1 Å². The third-order valence-corrected chi connectivity index (χ3v) is 10.3. The number of benzene rings is 1. The molecule has 2 amide bonds. The topological polar surface area (TPSA) is 49.4 Å². The lowest BCUT2D eigenvalue weighted by Crippen LogP contribution is -2.55. The van der Waals surface area contributed by atoms with E-state index in [4.69, 9.17) is 0 Å². The lowest BCUT2D eigenvalue weighted by Gasteiger charge is -2.58. The first-order valence-electron chi connectivity index (χ1n) is 13.2. The van der Waals surface area contributed by atoms with Gasteiger partial charge in [0.1, 0.15) is 0 Å². The van der Waals surface area contributed by atoms with Gasteiger partial charge in [0.05, 0.1) is 0 Å². The summed E-state index contributed by atoms with van der Waals surface area (Å²) in [5.41, 5.74) is 3.66. The Morgan fingerprint density at radius 2 is 1.88 bits per heavy atom. The molecule has 0 aromatic heterocycles. The Morgan fingerprint density at radius 3 is 2.64 bits per heavy atom. The molecule has 176 valence electrons. The largest absolute Gasteiger partial charge is 0.326 e. The second-order valence-corrected chi connectivity index (χ2v) is 12.1. The minimum Gasteiger partial charge on any atom is -0.326 e. The van der Waals surface area contributed by atoms with Crippen molar-refractivity contribution in [2.75, 3.05) is 5.32 Å². The van der Waals surface area contributed by atoms with Crippen LogP contribution in [0.15, 0.2) is 36.0 Å². The summed E-state index contributed by atoms with van der Waals surface area (Å²) in [4.78, 5) is 28.4. The van der Waals surface area contributed by atoms with Crippen LogP contribution in [-0.2, 0) is 9.59 Å². The predicted octanol–water partition coefficient (Wildman–Crippen LogP) is 6.07. The maximum atomic E-state index is 13.4. The highest BCUT2D eigenvalue weighted by Crippen LogP contribution is 2.66. The molecule has 4 heteroatoms. The van der Waals surface area contributed by atoms with Gasteiger partial charge in [-0.25, -0.2) is 0 Å². The molecule has 1 N–H and O–H groups in total. The SMILES string of the molecule is Cc1cccc(NC(=O)C2CC[C@H]3[C@@H]4CC=C5N(C6CC6)C(=O)CC[C@]5(C)[C@@H]4CC[C@]23C)c1. The molecule has 4 fully saturated rings. The highest BCUT2D eigenvalue weighted by Gasteiger charge is 2.61. The van der Waals surface area contributed by atoms with Crippen LogP contribution < -0.4 is 5.32 Å². The highest BCUT2D eigenvalue weighted by molar-refractivity contribution is 5.93. The van der Waals surface area contributed by atoms with Crippen molar-refractivity contribution in [3.8, 4) is 0 Å². The summed E-state index contributed by atoms with van der Waals surface area (Å²) in [5, 5.41) is 3.24. The van der Waals surface area contributed by atoms with Gasteiger partial charge in [-0.2, -0.15) is 0 Å². The van der Waals surface area contributed by atoms with Gasteiger partial charge in [0.25, 0.3) is 0 Å². The molecule has 1 unspecified atom stereocenters. The minimum absolute atomic E-state index is 0.0808. The summed E-state index contributed by atoms with van der Waals surface area (Å²) in [6.45, 7) is 6.93. The number of piperidine rings is 1. The number of hydrogen-bond acceptors (Lipinski definition) is 2. The van der Waals surface area contributed by atoms with Crippen molar-refractivity contribution in [1.29, 1.82) is 0 Å².